The van der Waals surface area contributed by atoms with E-state index in [1.807, 2.05) is 0 Å². The first-order valence-electron chi connectivity index (χ1n) is 4.39. The number of aromatic nitrogens is 2. The maximum Gasteiger partial charge on any atom is 0.433 e. The summed E-state index contributed by atoms with van der Waals surface area (Å²) in [6, 6.07) is 6.22. The number of hydrogen-bond acceptors (Lipinski definition) is 2. The molecule has 0 saturated heterocycles. The molecule has 84 valence electrons. The standard InChI is InChI=1S/C10H7F3N2O/c11-10(12,13)9-5-6-14-15(9)7-1-3-8(16)4-2-7/h1-6,16H. The molecule has 0 saturated carbocycles. The van der Waals surface area contributed by atoms with Gasteiger partial charge in [-0.25, -0.2) is 4.68 Å². The number of nitrogens with zero attached hydrogens (tertiary/aromatic N) is 2. The van der Waals surface area contributed by atoms with Crippen molar-refractivity contribution in [2.45, 2.75) is 6.18 Å². The van der Waals surface area contributed by atoms with Gasteiger partial charge in [0.05, 0.1) is 11.9 Å². The smallest absolute Gasteiger partial charge is 0.433 e. The monoisotopic (exact) mass is 228 g/mol. The Balaban J connectivity index is 2.49. The summed E-state index contributed by atoms with van der Waals surface area (Å²) in [7, 11) is 0. The van der Waals surface area contributed by atoms with Crippen LogP contribution in [-0.2, 0) is 6.18 Å². The van der Waals surface area contributed by atoms with Crippen molar-refractivity contribution in [3.8, 4) is 11.4 Å². The van der Waals surface area contributed by atoms with Crippen LogP contribution in [0.15, 0.2) is 36.5 Å². The summed E-state index contributed by atoms with van der Waals surface area (Å²) in [5.74, 6) is -0.00975. The van der Waals surface area contributed by atoms with Gasteiger partial charge in [0.2, 0.25) is 0 Å². The van der Waals surface area contributed by atoms with E-state index >= 15 is 0 Å². The second kappa shape index (κ2) is 3.55. The molecule has 0 fully saturated rings. The highest BCUT2D eigenvalue weighted by molar-refractivity contribution is 5.37. The Kier molecular flexibility index (Phi) is 2.34. The zero-order valence-electron chi connectivity index (χ0n) is 7.94. The second-order valence-electron chi connectivity index (χ2n) is 3.14. The van der Waals surface area contributed by atoms with Crippen molar-refractivity contribution in [1.82, 2.24) is 9.78 Å². The van der Waals surface area contributed by atoms with Gasteiger partial charge in [-0.1, -0.05) is 0 Å². The van der Waals surface area contributed by atoms with Gasteiger partial charge in [0.25, 0.3) is 0 Å². The topological polar surface area (TPSA) is 38.0 Å². The number of phenolic OH excluding ortho intramolecular Hbond substituents is 1. The Morgan fingerprint density at radius 3 is 2.25 bits per heavy atom. The molecule has 0 aliphatic carbocycles. The van der Waals surface area contributed by atoms with E-state index in [9.17, 15) is 13.2 Å². The first-order valence-corrected chi connectivity index (χ1v) is 4.39. The van der Waals surface area contributed by atoms with E-state index in [1.165, 1.54) is 24.3 Å². The van der Waals surface area contributed by atoms with Gasteiger partial charge in [0.15, 0.2) is 0 Å². The molecule has 3 nitrogen and oxygen atoms in total. The molecule has 2 rings (SSSR count). The minimum absolute atomic E-state index is 0.00975. The lowest BCUT2D eigenvalue weighted by molar-refractivity contribution is -0.142. The van der Waals surface area contributed by atoms with E-state index < -0.39 is 11.9 Å². The van der Waals surface area contributed by atoms with E-state index in [0.717, 1.165) is 16.9 Å². The molecule has 1 aromatic carbocycles. The van der Waals surface area contributed by atoms with Crippen LogP contribution in [0.2, 0.25) is 0 Å². The van der Waals surface area contributed by atoms with Gasteiger partial charge < -0.3 is 5.11 Å². The lowest BCUT2D eigenvalue weighted by Crippen LogP contribution is -2.12. The number of rotatable bonds is 1. The van der Waals surface area contributed by atoms with Crippen LogP contribution in [0.5, 0.6) is 5.75 Å². The molecule has 0 spiro atoms. The van der Waals surface area contributed by atoms with Gasteiger partial charge in [-0.05, 0) is 30.3 Å². The number of halogens is 3. The van der Waals surface area contributed by atoms with Crippen LogP contribution in [0.25, 0.3) is 5.69 Å². The molecule has 1 heterocycles. The van der Waals surface area contributed by atoms with Crippen molar-refractivity contribution in [2.75, 3.05) is 0 Å². The molecule has 2 aromatic rings. The molecule has 0 aliphatic rings. The molecule has 0 atom stereocenters. The lowest BCUT2D eigenvalue weighted by Gasteiger charge is -2.09. The number of alkyl halides is 3. The Morgan fingerprint density at radius 2 is 1.69 bits per heavy atom. The van der Waals surface area contributed by atoms with Crippen molar-refractivity contribution >= 4 is 0 Å². The van der Waals surface area contributed by atoms with E-state index in [0.29, 0.717) is 0 Å². The number of benzene rings is 1. The summed E-state index contributed by atoms with van der Waals surface area (Å²) in [4.78, 5) is 0. The van der Waals surface area contributed by atoms with Gasteiger partial charge in [-0.15, -0.1) is 0 Å². The fourth-order valence-electron chi connectivity index (χ4n) is 1.32. The van der Waals surface area contributed by atoms with E-state index in [-0.39, 0.29) is 11.4 Å². The van der Waals surface area contributed by atoms with Gasteiger partial charge in [-0.3, -0.25) is 0 Å². The minimum Gasteiger partial charge on any atom is -0.508 e. The van der Waals surface area contributed by atoms with Crippen molar-refractivity contribution in [2.24, 2.45) is 0 Å². The summed E-state index contributed by atoms with van der Waals surface area (Å²) in [5.41, 5.74) is -0.603. The summed E-state index contributed by atoms with van der Waals surface area (Å²) in [6.07, 6.45) is -3.37. The molecule has 0 aliphatic heterocycles. The molecule has 0 amide bonds. The average Bonchev–Trinajstić information content (AvgIpc) is 2.66. The van der Waals surface area contributed by atoms with Crippen LogP contribution in [0.3, 0.4) is 0 Å². The van der Waals surface area contributed by atoms with Crippen LogP contribution >= 0.6 is 0 Å². The molecule has 0 radical (unpaired) electrons. The average molecular weight is 228 g/mol. The lowest BCUT2D eigenvalue weighted by atomic mass is 10.3. The molecule has 1 aromatic heterocycles. The number of aromatic hydroxyl groups is 1. The zero-order valence-corrected chi connectivity index (χ0v) is 7.94. The fourth-order valence-corrected chi connectivity index (χ4v) is 1.32. The third kappa shape index (κ3) is 1.86. The Hall–Kier alpha value is -1.98. The third-order valence-electron chi connectivity index (χ3n) is 2.03. The summed E-state index contributed by atoms with van der Waals surface area (Å²) in [6.45, 7) is 0. The van der Waals surface area contributed by atoms with Crippen LogP contribution in [0, 0.1) is 0 Å². The number of hydrogen-bond donors (Lipinski definition) is 1. The molecule has 0 bridgehead atoms. The van der Waals surface area contributed by atoms with Gasteiger partial charge >= 0.3 is 6.18 Å². The quantitative estimate of drug-likeness (QED) is 0.814. The van der Waals surface area contributed by atoms with E-state index in [2.05, 4.69) is 5.10 Å². The molecule has 16 heavy (non-hydrogen) atoms. The van der Waals surface area contributed by atoms with E-state index in [4.69, 9.17) is 5.11 Å². The highest BCUT2D eigenvalue weighted by Gasteiger charge is 2.35. The number of phenols is 1. The Labute approximate surface area is 88.8 Å². The summed E-state index contributed by atoms with van der Waals surface area (Å²) >= 11 is 0. The largest absolute Gasteiger partial charge is 0.508 e. The van der Waals surface area contributed by atoms with Crippen molar-refractivity contribution in [3.05, 3.63) is 42.2 Å². The first-order chi connectivity index (χ1) is 7.48. The Bertz CT molecular complexity index is 488. The molecule has 6 heteroatoms. The van der Waals surface area contributed by atoms with Crippen LogP contribution in [0.4, 0.5) is 13.2 Å². The van der Waals surface area contributed by atoms with Crippen molar-refractivity contribution in [3.63, 3.8) is 0 Å². The highest BCUT2D eigenvalue weighted by Crippen LogP contribution is 2.30. The minimum atomic E-state index is -4.45. The second-order valence-corrected chi connectivity index (χ2v) is 3.14. The van der Waals surface area contributed by atoms with Gasteiger partial charge in [0.1, 0.15) is 11.4 Å². The maximum absolute atomic E-state index is 12.5. The SMILES string of the molecule is Oc1ccc(-n2nccc2C(F)(F)F)cc1. The molecular weight excluding hydrogens is 221 g/mol. The predicted octanol–water partition coefficient (Wildman–Crippen LogP) is 2.60. The van der Waals surface area contributed by atoms with Crippen molar-refractivity contribution in [1.29, 1.82) is 0 Å². The van der Waals surface area contributed by atoms with Crippen molar-refractivity contribution < 1.29 is 18.3 Å². The molecule has 0 unspecified atom stereocenters. The van der Waals surface area contributed by atoms with Crippen LogP contribution in [-0.4, -0.2) is 14.9 Å². The normalized spacial score (nSPS) is 11.7. The Morgan fingerprint density at radius 1 is 1.06 bits per heavy atom. The summed E-state index contributed by atoms with van der Waals surface area (Å²) in [5, 5.41) is 12.6. The zero-order chi connectivity index (χ0) is 11.8. The van der Waals surface area contributed by atoms with Crippen LogP contribution in [0.1, 0.15) is 5.69 Å². The molecular formula is C10H7F3N2O. The predicted molar refractivity (Wildman–Crippen MR) is 50.2 cm³/mol. The maximum atomic E-state index is 12.5. The van der Waals surface area contributed by atoms with E-state index in [1.54, 1.807) is 0 Å². The van der Waals surface area contributed by atoms with Crippen LogP contribution < -0.4 is 0 Å². The van der Waals surface area contributed by atoms with Gasteiger partial charge in [-0.2, -0.15) is 18.3 Å². The fraction of sp³-hybridized carbons (Fsp3) is 0.100. The summed E-state index contributed by atoms with van der Waals surface area (Å²) < 4.78 is 38.4. The van der Waals surface area contributed by atoms with Gasteiger partial charge in [0, 0.05) is 0 Å². The first kappa shape index (κ1) is 10.5. The molecule has 1 N–H and O–H groups in total. The third-order valence-corrected chi connectivity index (χ3v) is 2.03. The highest BCUT2D eigenvalue weighted by atomic mass is 19.4.